The van der Waals surface area contributed by atoms with Crippen LogP contribution in [-0.4, -0.2) is 14.1 Å². The number of hydrogen-bond donors (Lipinski definition) is 0. The second-order valence-corrected chi connectivity index (χ2v) is 4.06. The Bertz CT molecular complexity index is 644. The molecule has 1 aromatic heterocycles. The van der Waals surface area contributed by atoms with Crippen LogP contribution in [0.4, 0.5) is 18.9 Å². The zero-order valence-electron chi connectivity index (χ0n) is 9.71. The molecule has 0 saturated heterocycles. The molecule has 6 heteroatoms. The van der Waals surface area contributed by atoms with E-state index in [1.807, 2.05) is 0 Å². The topological polar surface area (TPSA) is 33.5 Å². The number of benzene rings is 1. The molecule has 18 heavy (non-hydrogen) atoms. The molecule has 3 nitrogen and oxygen atoms in total. The molecule has 0 fully saturated rings. The van der Waals surface area contributed by atoms with Gasteiger partial charge in [-0.15, -0.1) is 0 Å². The summed E-state index contributed by atoms with van der Waals surface area (Å²) in [5.41, 5.74) is -1.79. The Morgan fingerprint density at radius 3 is 2.39 bits per heavy atom. The van der Waals surface area contributed by atoms with Crippen molar-refractivity contribution in [1.29, 1.82) is 0 Å². The van der Waals surface area contributed by atoms with Gasteiger partial charge in [0.15, 0.2) is 0 Å². The molecular weight excluding hydrogens is 247 g/mol. The van der Waals surface area contributed by atoms with Crippen molar-refractivity contribution in [2.45, 2.75) is 6.18 Å². The Kier molecular flexibility index (Phi) is 2.80. The average molecular weight is 257 g/mol. The quantitative estimate of drug-likeness (QED) is 0.736. The van der Waals surface area contributed by atoms with Crippen molar-refractivity contribution in [2.75, 3.05) is 19.0 Å². The van der Waals surface area contributed by atoms with Crippen molar-refractivity contribution in [1.82, 2.24) is 0 Å². The van der Waals surface area contributed by atoms with Crippen molar-refractivity contribution in [3.8, 4) is 0 Å². The third-order valence-corrected chi connectivity index (χ3v) is 2.54. The first-order valence-corrected chi connectivity index (χ1v) is 5.11. The zero-order valence-corrected chi connectivity index (χ0v) is 9.71. The van der Waals surface area contributed by atoms with Gasteiger partial charge in [0.25, 0.3) is 0 Å². The molecule has 0 amide bonds. The van der Waals surface area contributed by atoms with E-state index in [-0.39, 0.29) is 11.0 Å². The molecule has 0 bridgehead atoms. The van der Waals surface area contributed by atoms with E-state index in [0.717, 1.165) is 11.8 Å². The Labute approximate surface area is 100 Å². The van der Waals surface area contributed by atoms with Crippen molar-refractivity contribution in [3.63, 3.8) is 0 Å². The third kappa shape index (κ3) is 2.18. The number of anilines is 1. The zero-order chi connectivity index (χ0) is 13.5. The number of fused-ring (bicyclic) bond motifs is 1. The predicted octanol–water partition coefficient (Wildman–Crippen LogP) is 2.88. The van der Waals surface area contributed by atoms with Gasteiger partial charge in [-0.2, -0.15) is 13.2 Å². The molecule has 0 saturated carbocycles. The van der Waals surface area contributed by atoms with E-state index < -0.39 is 17.4 Å². The molecule has 0 unspecified atom stereocenters. The molecule has 0 radical (unpaired) electrons. The summed E-state index contributed by atoms with van der Waals surface area (Å²) >= 11 is 0. The van der Waals surface area contributed by atoms with Gasteiger partial charge in [-0.1, -0.05) is 0 Å². The molecule has 96 valence electrons. The van der Waals surface area contributed by atoms with Gasteiger partial charge in [0.2, 0.25) is 0 Å². The smallest absolute Gasteiger partial charge is 0.422 e. The molecular formula is C12H10F3NO2. The van der Waals surface area contributed by atoms with Crippen LogP contribution in [0.3, 0.4) is 0 Å². The summed E-state index contributed by atoms with van der Waals surface area (Å²) in [5.74, 6) is 0. The molecule has 1 aromatic carbocycles. The van der Waals surface area contributed by atoms with Gasteiger partial charge in [-0.3, -0.25) is 0 Å². The highest BCUT2D eigenvalue weighted by Crippen LogP contribution is 2.29. The second kappa shape index (κ2) is 4.04. The maximum absolute atomic E-state index is 12.6. The highest BCUT2D eigenvalue weighted by molar-refractivity contribution is 5.81. The first-order chi connectivity index (χ1) is 8.29. The van der Waals surface area contributed by atoms with Gasteiger partial charge in [-0.05, 0) is 24.3 Å². The first kappa shape index (κ1) is 12.5. The SMILES string of the molecule is CN(C)c1ccc2oc(=O)c(C(F)(F)F)cc2c1. The molecule has 0 N–H and O–H groups in total. The number of nitrogens with zero attached hydrogens (tertiary/aromatic N) is 1. The van der Waals surface area contributed by atoms with Gasteiger partial charge in [-0.25, -0.2) is 4.79 Å². The minimum atomic E-state index is -4.71. The van der Waals surface area contributed by atoms with Crippen molar-refractivity contribution in [2.24, 2.45) is 0 Å². The summed E-state index contributed by atoms with van der Waals surface area (Å²) in [6, 6.07) is 5.49. The first-order valence-electron chi connectivity index (χ1n) is 5.11. The van der Waals surface area contributed by atoms with Gasteiger partial charge in [0.05, 0.1) is 0 Å². The van der Waals surface area contributed by atoms with E-state index in [9.17, 15) is 18.0 Å². The minimum absolute atomic E-state index is 0.138. The molecule has 0 aliphatic rings. The van der Waals surface area contributed by atoms with Crippen LogP contribution in [0.1, 0.15) is 5.56 Å². The van der Waals surface area contributed by atoms with E-state index in [1.165, 1.54) is 12.1 Å². The monoisotopic (exact) mass is 257 g/mol. The lowest BCUT2D eigenvalue weighted by atomic mass is 10.1. The lowest BCUT2D eigenvalue weighted by Gasteiger charge is -2.13. The van der Waals surface area contributed by atoms with Crippen molar-refractivity contribution >= 4 is 16.7 Å². The molecule has 0 aliphatic heterocycles. The maximum atomic E-state index is 12.6. The summed E-state index contributed by atoms with van der Waals surface area (Å²) in [6.45, 7) is 0. The number of hydrogen-bond acceptors (Lipinski definition) is 3. The summed E-state index contributed by atoms with van der Waals surface area (Å²) in [5, 5.41) is 0.244. The van der Waals surface area contributed by atoms with Gasteiger partial charge in [0, 0.05) is 25.2 Å². The van der Waals surface area contributed by atoms with Crippen molar-refractivity contribution in [3.05, 3.63) is 40.2 Å². The van der Waals surface area contributed by atoms with Crippen molar-refractivity contribution < 1.29 is 17.6 Å². The number of rotatable bonds is 1. The van der Waals surface area contributed by atoms with Crippen LogP contribution >= 0.6 is 0 Å². The summed E-state index contributed by atoms with van der Waals surface area (Å²) in [7, 11) is 3.54. The molecule has 1 heterocycles. The Hall–Kier alpha value is -1.98. The third-order valence-electron chi connectivity index (χ3n) is 2.54. The van der Waals surface area contributed by atoms with Crippen LogP contribution < -0.4 is 10.5 Å². The van der Waals surface area contributed by atoms with E-state index in [1.54, 1.807) is 25.1 Å². The van der Waals surface area contributed by atoms with Crippen LogP contribution in [0, 0.1) is 0 Å². The van der Waals surface area contributed by atoms with E-state index in [4.69, 9.17) is 0 Å². The lowest BCUT2D eigenvalue weighted by Crippen LogP contribution is -2.18. The van der Waals surface area contributed by atoms with E-state index in [0.29, 0.717) is 0 Å². The average Bonchev–Trinajstić information content (AvgIpc) is 2.25. The highest BCUT2D eigenvalue weighted by atomic mass is 19.4. The Balaban J connectivity index is 2.71. The largest absolute Gasteiger partial charge is 0.423 e. The number of alkyl halides is 3. The van der Waals surface area contributed by atoms with E-state index in [2.05, 4.69) is 4.42 Å². The Morgan fingerprint density at radius 2 is 1.83 bits per heavy atom. The Morgan fingerprint density at radius 1 is 1.17 bits per heavy atom. The molecule has 0 atom stereocenters. The summed E-state index contributed by atoms with van der Waals surface area (Å²) in [4.78, 5) is 12.9. The van der Waals surface area contributed by atoms with Crippen LogP contribution in [0.2, 0.25) is 0 Å². The normalized spacial score (nSPS) is 11.8. The van der Waals surface area contributed by atoms with Crippen LogP contribution in [0.15, 0.2) is 33.5 Å². The minimum Gasteiger partial charge on any atom is -0.422 e. The molecule has 2 rings (SSSR count). The fourth-order valence-electron chi connectivity index (χ4n) is 1.59. The lowest BCUT2D eigenvalue weighted by molar-refractivity contribution is -0.139. The molecule has 2 aromatic rings. The summed E-state index contributed by atoms with van der Waals surface area (Å²) in [6.07, 6.45) is -4.71. The van der Waals surface area contributed by atoms with Gasteiger partial charge < -0.3 is 9.32 Å². The standard InChI is InChI=1S/C12H10F3NO2/c1-16(2)8-3-4-10-7(5-8)6-9(11(17)18-10)12(13,14)15/h3-6H,1-2H3. The molecule has 0 aliphatic carbocycles. The van der Waals surface area contributed by atoms with Crippen LogP contribution in [-0.2, 0) is 6.18 Å². The second-order valence-electron chi connectivity index (χ2n) is 4.06. The van der Waals surface area contributed by atoms with Crippen LogP contribution in [0.25, 0.3) is 11.0 Å². The highest BCUT2D eigenvalue weighted by Gasteiger charge is 2.35. The predicted molar refractivity (Wildman–Crippen MR) is 61.8 cm³/mol. The summed E-state index contributed by atoms with van der Waals surface area (Å²) < 4.78 is 42.4. The van der Waals surface area contributed by atoms with Gasteiger partial charge >= 0.3 is 11.8 Å². The molecule has 0 spiro atoms. The van der Waals surface area contributed by atoms with Gasteiger partial charge in [0.1, 0.15) is 11.1 Å². The van der Waals surface area contributed by atoms with Crippen LogP contribution in [0.5, 0.6) is 0 Å². The fourth-order valence-corrected chi connectivity index (χ4v) is 1.59. The van der Waals surface area contributed by atoms with E-state index >= 15 is 0 Å². The maximum Gasteiger partial charge on any atom is 0.423 e. The number of halogens is 3. The fraction of sp³-hybridized carbons (Fsp3) is 0.250.